The summed E-state index contributed by atoms with van der Waals surface area (Å²) in [6.07, 6.45) is 8.91. The lowest BCUT2D eigenvalue weighted by Crippen LogP contribution is -2.47. The average Bonchev–Trinajstić information content (AvgIpc) is 3.59. The van der Waals surface area contributed by atoms with Crippen molar-refractivity contribution in [3.05, 3.63) is 78.1 Å². The van der Waals surface area contributed by atoms with Crippen molar-refractivity contribution >= 4 is 34.7 Å². The van der Waals surface area contributed by atoms with E-state index < -0.39 is 5.91 Å². The number of likely N-dealkylation sites (tertiary alicyclic amines) is 1. The van der Waals surface area contributed by atoms with Crippen LogP contribution in [-0.2, 0) is 11.3 Å². The highest BCUT2D eigenvalue weighted by Gasteiger charge is 2.31. The monoisotopic (exact) mass is 592 g/mol. The Bertz CT molecular complexity index is 1870. The fourth-order valence-corrected chi connectivity index (χ4v) is 5.54. The lowest BCUT2D eigenvalue weighted by Gasteiger charge is -2.38. The van der Waals surface area contributed by atoms with Crippen molar-refractivity contribution in [2.45, 2.75) is 32.4 Å². The van der Waals surface area contributed by atoms with Gasteiger partial charge in [-0.15, -0.1) is 5.10 Å². The van der Waals surface area contributed by atoms with Gasteiger partial charge in [0.15, 0.2) is 11.5 Å². The number of rotatable bonds is 10. The smallest absolute Gasteiger partial charge is 0.269 e. The topological polar surface area (TPSA) is 158 Å². The summed E-state index contributed by atoms with van der Waals surface area (Å²) in [5.74, 6) is 0.183. The molecule has 2 amide bonds. The van der Waals surface area contributed by atoms with Crippen LogP contribution >= 0.6 is 0 Å². The molecule has 0 radical (unpaired) electrons. The maximum absolute atomic E-state index is 12.5. The van der Waals surface area contributed by atoms with Gasteiger partial charge >= 0.3 is 0 Å². The number of hydrogen-bond donors (Lipinski definition) is 3. The molecule has 1 aromatic carbocycles. The lowest BCUT2D eigenvalue weighted by atomic mass is 10.0. The number of anilines is 3. The molecule has 7 rings (SSSR count). The summed E-state index contributed by atoms with van der Waals surface area (Å²) < 4.78 is 9.42. The Balaban J connectivity index is 1.17. The van der Waals surface area contributed by atoms with Crippen LogP contribution in [0.3, 0.4) is 0 Å². The molecule has 2 aliphatic rings. The van der Waals surface area contributed by atoms with Gasteiger partial charge in [0.05, 0.1) is 42.6 Å². The maximum atomic E-state index is 12.5. The van der Waals surface area contributed by atoms with Gasteiger partial charge in [-0.3, -0.25) is 24.2 Å². The Morgan fingerprint density at radius 2 is 1.95 bits per heavy atom. The number of benzene rings is 1. The molecule has 0 atom stereocenters. The Morgan fingerprint density at radius 3 is 2.68 bits per heavy atom. The summed E-state index contributed by atoms with van der Waals surface area (Å²) in [4.78, 5) is 35.6. The van der Waals surface area contributed by atoms with Gasteiger partial charge in [0.25, 0.3) is 5.91 Å². The minimum absolute atomic E-state index is 0.00239. The highest BCUT2D eigenvalue weighted by molar-refractivity contribution is 5.95. The molecule has 1 aliphatic heterocycles. The zero-order chi connectivity index (χ0) is 30.4. The zero-order valence-corrected chi connectivity index (χ0v) is 24.4. The number of nitrogens with one attached hydrogen (secondary N) is 2. The number of methoxy groups -OCH3 is 1. The first-order valence-electron chi connectivity index (χ1n) is 14.5. The van der Waals surface area contributed by atoms with Crippen molar-refractivity contribution in [1.82, 2.24) is 34.3 Å². The molecule has 13 nitrogen and oxygen atoms in total. The van der Waals surface area contributed by atoms with Crippen LogP contribution in [0.2, 0.25) is 0 Å². The third-order valence-corrected chi connectivity index (χ3v) is 8.03. The first kappa shape index (κ1) is 27.5. The van der Waals surface area contributed by atoms with Gasteiger partial charge in [-0.05, 0) is 43.5 Å². The van der Waals surface area contributed by atoms with E-state index >= 15 is 0 Å². The molecule has 13 heteroatoms. The fourth-order valence-electron chi connectivity index (χ4n) is 5.54. The SMILES string of the molecule is COc1c(Nc2cc(NC(=O)C3CC3)nn3cc(C(N)=O)nc23)ccc(C)c1-c1cnn(C2CN(Cc3ccccn3)C2)c1. The number of primary amides is 1. The Labute approximate surface area is 253 Å². The zero-order valence-electron chi connectivity index (χ0n) is 24.4. The van der Waals surface area contributed by atoms with Gasteiger partial charge in [-0.1, -0.05) is 12.1 Å². The van der Waals surface area contributed by atoms with E-state index in [-0.39, 0.29) is 23.6 Å². The largest absolute Gasteiger partial charge is 0.494 e. The minimum Gasteiger partial charge on any atom is -0.494 e. The van der Waals surface area contributed by atoms with E-state index in [4.69, 9.17) is 15.6 Å². The van der Waals surface area contributed by atoms with E-state index in [2.05, 4.69) is 36.8 Å². The van der Waals surface area contributed by atoms with Crippen LogP contribution in [0.1, 0.15) is 40.6 Å². The lowest BCUT2D eigenvalue weighted by molar-refractivity contribution is -0.117. The number of hydrogen-bond acceptors (Lipinski definition) is 9. The number of imidazole rings is 1. The molecule has 224 valence electrons. The predicted molar refractivity (Wildman–Crippen MR) is 164 cm³/mol. The molecule has 5 aromatic rings. The van der Waals surface area contributed by atoms with Gasteiger partial charge in [0.1, 0.15) is 11.4 Å². The highest BCUT2D eigenvalue weighted by Crippen LogP contribution is 2.41. The van der Waals surface area contributed by atoms with Crippen molar-refractivity contribution in [3.63, 3.8) is 0 Å². The number of ether oxygens (including phenoxy) is 1. The fraction of sp³-hybridized carbons (Fsp3) is 0.290. The molecule has 0 bridgehead atoms. The second-order valence-corrected chi connectivity index (χ2v) is 11.3. The summed E-state index contributed by atoms with van der Waals surface area (Å²) in [6, 6.07) is 11.9. The summed E-state index contributed by atoms with van der Waals surface area (Å²) in [6.45, 7) is 4.63. The first-order valence-corrected chi connectivity index (χ1v) is 14.5. The first-order chi connectivity index (χ1) is 21.4. The molecule has 4 N–H and O–H groups in total. The van der Waals surface area contributed by atoms with Crippen LogP contribution in [0.25, 0.3) is 16.8 Å². The number of fused-ring (bicyclic) bond motifs is 1. The molecule has 1 saturated carbocycles. The van der Waals surface area contributed by atoms with E-state index in [0.717, 1.165) is 54.9 Å². The Hall–Kier alpha value is -5.30. The molecule has 2 fully saturated rings. The van der Waals surface area contributed by atoms with Crippen molar-refractivity contribution < 1.29 is 14.3 Å². The molecule has 1 aliphatic carbocycles. The van der Waals surface area contributed by atoms with Crippen molar-refractivity contribution in [1.29, 1.82) is 0 Å². The summed E-state index contributed by atoms with van der Waals surface area (Å²) in [5.41, 5.74) is 11.0. The normalized spacial score (nSPS) is 15.2. The number of nitrogens with zero attached hydrogens (tertiary/aromatic N) is 7. The summed E-state index contributed by atoms with van der Waals surface area (Å²) in [7, 11) is 1.62. The van der Waals surface area contributed by atoms with Crippen LogP contribution in [-0.4, -0.2) is 66.3 Å². The van der Waals surface area contributed by atoms with E-state index in [0.29, 0.717) is 28.6 Å². The van der Waals surface area contributed by atoms with Crippen LogP contribution < -0.4 is 21.1 Å². The molecular weight excluding hydrogens is 560 g/mol. The van der Waals surface area contributed by atoms with Crippen LogP contribution in [0, 0.1) is 12.8 Å². The van der Waals surface area contributed by atoms with Crippen LogP contribution in [0.5, 0.6) is 5.75 Å². The van der Waals surface area contributed by atoms with Gasteiger partial charge in [-0.2, -0.15) is 5.10 Å². The number of aromatic nitrogens is 6. The number of carbonyl (C=O) groups excluding carboxylic acids is 2. The highest BCUT2D eigenvalue weighted by atomic mass is 16.5. The van der Waals surface area contributed by atoms with Gasteiger partial charge < -0.3 is 21.1 Å². The predicted octanol–water partition coefficient (Wildman–Crippen LogP) is 3.55. The molecule has 44 heavy (non-hydrogen) atoms. The second kappa shape index (κ2) is 11.1. The average molecular weight is 593 g/mol. The van der Waals surface area contributed by atoms with E-state index in [9.17, 15) is 9.59 Å². The number of amides is 2. The van der Waals surface area contributed by atoms with Crippen molar-refractivity contribution in [2.75, 3.05) is 30.8 Å². The third kappa shape index (κ3) is 5.33. The number of aryl methyl sites for hydroxylation is 1. The molecule has 4 aromatic heterocycles. The Kier molecular flexibility index (Phi) is 6.93. The quantitative estimate of drug-likeness (QED) is 0.221. The minimum atomic E-state index is -0.677. The number of nitrogens with two attached hydrogens (primary N) is 1. The number of carbonyl (C=O) groups is 2. The molecule has 1 saturated heterocycles. The molecule has 0 spiro atoms. The molecule has 5 heterocycles. The van der Waals surface area contributed by atoms with E-state index in [1.165, 1.54) is 10.7 Å². The standard InChI is InChI=1S/C31H32N10O3/c1-18-6-9-23(35-24-11-26(37-31(43)19-7-8-19)38-41-17-25(29(32)42)36-30(24)41)28(44-2)27(18)20-12-34-40(13-20)22-15-39(16-22)14-21-5-3-4-10-33-21/h3-6,9-13,17,19,22,35H,7-8,14-16H2,1-2H3,(H2,32,42)(H,37,38,43). The maximum Gasteiger partial charge on any atom is 0.269 e. The Morgan fingerprint density at radius 1 is 1.11 bits per heavy atom. The number of pyridine rings is 1. The van der Waals surface area contributed by atoms with Crippen LogP contribution in [0.4, 0.5) is 17.2 Å². The molecular formula is C31H32N10O3. The van der Waals surface area contributed by atoms with Gasteiger partial charge in [-0.25, -0.2) is 9.50 Å². The second-order valence-electron chi connectivity index (χ2n) is 11.3. The molecule has 0 unspecified atom stereocenters. The van der Waals surface area contributed by atoms with E-state index in [1.54, 1.807) is 13.2 Å². The van der Waals surface area contributed by atoms with E-state index in [1.807, 2.05) is 54.3 Å². The van der Waals surface area contributed by atoms with Crippen molar-refractivity contribution in [3.8, 4) is 16.9 Å². The summed E-state index contributed by atoms with van der Waals surface area (Å²) >= 11 is 0. The third-order valence-electron chi connectivity index (χ3n) is 8.03. The van der Waals surface area contributed by atoms with Crippen molar-refractivity contribution in [2.24, 2.45) is 11.7 Å². The van der Waals surface area contributed by atoms with Gasteiger partial charge in [0, 0.05) is 55.1 Å². The van der Waals surface area contributed by atoms with Gasteiger partial charge in [0.2, 0.25) is 5.91 Å². The summed E-state index contributed by atoms with van der Waals surface area (Å²) in [5, 5.41) is 15.4. The van der Waals surface area contributed by atoms with Crippen LogP contribution in [0.15, 0.2) is 61.2 Å².